The first-order chi connectivity index (χ1) is 7.59. The van der Waals surface area contributed by atoms with Gasteiger partial charge in [-0.3, -0.25) is 4.90 Å². The van der Waals surface area contributed by atoms with E-state index in [1.54, 1.807) is 0 Å². The summed E-state index contributed by atoms with van der Waals surface area (Å²) in [4.78, 5) is 5.85. The van der Waals surface area contributed by atoms with Gasteiger partial charge in [0.2, 0.25) is 0 Å². The molecular weight excluding hydrogens is 216 g/mol. The average Bonchev–Trinajstić information content (AvgIpc) is 2.66. The molecule has 88 valence electrons. The van der Waals surface area contributed by atoms with Gasteiger partial charge in [0.1, 0.15) is 4.64 Å². The van der Waals surface area contributed by atoms with E-state index in [2.05, 4.69) is 36.7 Å². The molecular formula is C13H20N2S. The fraction of sp³-hybridized carbons (Fsp3) is 0.615. The first-order valence-electron chi connectivity index (χ1n) is 6.05. The molecule has 0 radical (unpaired) electrons. The van der Waals surface area contributed by atoms with Crippen molar-refractivity contribution in [2.45, 2.75) is 45.7 Å². The molecule has 0 aliphatic carbocycles. The van der Waals surface area contributed by atoms with Crippen LogP contribution in [0, 0.1) is 11.6 Å². The van der Waals surface area contributed by atoms with Crippen LogP contribution in [0.3, 0.4) is 0 Å². The minimum absolute atomic E-state index is 0.576. The Morgan fingerprint density at radius 3 is 2.81 bits per heavy atom. The molecule has 0 saturated carbocycles. The van der Waals surface area contributed by atoms with Gasteiger partial charge in [0.25, 0.3) is 0 Å². The van der Waals surface area contributed by atoms with Crippen LogP contribution in [0.2, 0.25) is 0 Å². The van der Waals surface area contributed by atoms with E-state index >= 15 is 0 Å². The van der Waals surface area contributed by atoms with Crippen LogP contribution in [0.15, 0.2) is 12.1 Å². The van der Waals surface area contributed by atoms with Gasteiger partial charge in [-0.25, -0.2) is 0 Å². The lowest BCUT2D eigenvalue weighted by Gasteiger charge is -2.29. The standard InChI is InChI=1S/C13H20N2S/c1-9(2)15-8-4-5-12(15)11-6-7-13(16)14-10(11)3/h6-7,9,12H,4-5,8H2,1-3H3,(H,14,16). The summed E-state index contributed by atoms with van der Waals surface area (Å²) in [7, 11) is 0. The van der Waals surface area contributed by atoms with Crippen molar-refractivity contribution in [1.29, 1.82) is 0 Å². The maximum atomic E-state index is 5.15. The lowest BCUT2D eigenvalue weighted by molar-refractivity contribution is 0.204. The highest BCUT2D eigenvalue weighted by Gasteiger charge is 2.28. The predicted octanol–water partition coefficient (Wildman–Crippen LogP) is 3.60. The van der Waals surface area contributed by atoms with Crippen molar-refractivity contribution >= 4 is 12.2 Å². The molecule has 1 N–H and O–H groups in total. The Bertz CT molecular complexity index is 422. The van der Waals surface area contributed by atoms with Crippen LogP contribution in [-0.4, -0.2) is 22.5 Å². The summed E-state index contributed by atoms with van der Waals surface area (Å²) in [6.07, 6.45) is 2.57. The molecule has 0 spiro atoms. The molecule has 1 aromatic rings. The van der Waals surface area contributed by atoms with E-state index in [0.717, 1.165) is 4.64 Å². The normalized spacial score (nSPS) is 21.9. The van der Waals surface area contributed by atoms with Gasteiger partial charge in [0.05, 0.1) is 0 Å². The zero-order valence-electron chi connectivity index (χ0n) is 10.3. The summed E-state index contributed by atoms with van der Waals surface area (Å²) in [5.74, 6) is 0. The zero-order chi connectivity index (χ0) is 11.7. The number of hydrogen-bond donors (Lipinski definition) is 1. The molecule has 3 heteroatoms. The van der Waals surface area contributed by atoms with Gasteiger partial charge in [-0.1, -0.05) is 18.3 Å². The number of likely N-dealkylation sites (tertiary alicyclic amines) is 1. The summed E-state index contributed by atoms with van der Waals surface area (Å²) >= 11 is 5.15. The van der Waals surface area contributed by atoms with Crippen molar-refractivity contribution < 1.29 is 0 Å². The SMILES string of the molecule is Cc1[nH]c(=S)ccc1C1CCCN1C(C)C. The number of nitrogens with zero attached hydrogens (tertiary/aromatic N) is 1. The third kappa shape index (κ3) is 2.20. The van der Waals surface area contributed by atoms with Crippen LogP contribution < -0.4 is 0 Å². The molecule has 2 heterocycles. The maximum absolute atomic E-state index is 5.15. The lowest BCUT2D eigenvalue weighted by atomic mass is 10.0. The number of aromatic amines is 1. The topological polar surface area (TPSA) is 19.0 Å². The van der Waals surface area contributed by atoms with Gasteiger partial charge in [-0.15, -0.1) is 0 Å². The molecule has 1 fully saturated rings. The maximum Gasteiger partial charge on any atom is 0.103 e. The smallest absolute Gasteiger partial charge is 0.103 e. The summed E-state index contributed by atoms with van der Waals surface area (Å²) < 4.78 is 0.829. The Balaban J connectivity index is 2.33. The first-order valence-corrected chi connectivity index (χ1v) is 6.46. The largest absolute Gasteiger partial charge is 0.350 e. The Morgan fingerprint density at radius 1 is 1.44 bits per heavy atom. The van der Waals surface area contributed by atoms with Crippen LogP contribution in [0.25, 0.3) is 0 Å². The van der Waals surface area contributed by atoms with Gasteiger partial charge in [-0.05, 0) is 51.8 Å². The molecule has 1 atom stereocenters. The van der Waals surface area contributed by atoms with Gasteiger partial charge >= 0.3 is 0 Å². The minimum atomic E-state index is 0.576. The number of hydrogen-bond acceptors (Lipinski definition) is 2. The summed E-state index contributed by atoms with van der Waals surface area (Å²) in [5.41, 5.74) is 2.64. The van der Waals surface area contributed by atoms with Crippen molar-refractivity contribution in [3.63, 3.8) is 0 Å². The van der Waals surface area contributed by atoms with Crippen LogP contribution in [0.5, 0.6) is 0 Å². The highest BCUT2D eigenvalue weighted by Crippen LogP contribution is 2.34. The predicted molar refractivity (Wildman–Crippen MR) is 70.2 cm³/mol. The third-order valence-corrected chi connectivity index (χ3v) is 3.71. The second kappa shape index (κ2) is 4.68. The van der Waals surface area contributed by atoms with Crippen molar-refractivity contribution in [2.75, 3.05) is 6.54 Å². The van der Waals surface area contributed by atoms with E-state index in [0.29, 0.717) is 12.1 Å². The van der Waals surface area contributed by atoms with E-state index in [1.165, 1.54) is 30.6 Å². The zero-order valence-corrected chi connectivity index (χ0v) is 11.1. The van der Waals surface area contributed by atoms with E-state index in [4.69, 9.17) is 12.2 Å². The van der Waals surface area contributed by atoms with E-state index in [9.17, 15) is 0 Å². The fourth-order valence-electron chi connectivity index (χ4n) is 2.69. The average molecular weight is 236 g/mol. The molecule has 0 amide bonds. The number of aromatic nitrogens is 1. The Labute approximate surface area is 103 Å². The van der Waals surface area contributed by atoms with Gasteiger partial charge in [0, 0.05) is 17.8 Å². The molecule has 1 aliphatic heterocycles. The van der Waals surface area contributed by atoms with Gasteiger partial charge < -0.3 is 4.98 Å². The van der Waals surface area contributed by atoms with Crippen LogP contribution in [-0.2, 0) is 0 Å². The molecule has 1 saturated heterocycles. The monoisotopic (exact) mass is 236 g/mol. The van der Waals surface area contributed by atoms with E-state index in [1.807, 2.05) is 6.07 Å². The Hall–Kier alpha value is -0.670. The highest BCUT2D eigenvalue weighted by atomic mass is 32.1. The Kier molecular flexibility index (Phi) is 3.45. The summed E-state index contributed by atoms with van der Waals surface area (Å²) in [6, 6.07) is 5.40. The lowest BCUT2D eigenvalue weighted by Crippen LogP contribution is -2.30. The van der Waals surface area contributed by atoms with E-state index in [-0.39, 0.29) is 0 Å². The Morgan fingerprint density at radius 2 is 2.19 bits per heavy atom. The second-order valence-corrected chi connectivity index (χ2v) is 5.33. The van der Waals surface area contributed by atoms with Gasteiger partial charge in [-0.2, -0.15) is 0 Å². The number of pyridine rings is 1. The van der Waals surface area contributed by atoms with Crippen molar-refractivity contribution in [1.82, 2.24) is 9.88 Å². The molecule has 0 aromatic carbocycles. The summed E-state index contributed by atoms with van der Waals surface area (Å²) in [5, 5.41) is 0. The van der Waals surface area contributed by atoms with Crippen molar-refractivity contribution in [3.05, 3.63) is 28.0 Å². The number of rotatable bonds is 2. The molecule has 1 aliphatic rings. The third-order valence-electron chi connectivity index (χ3n) is 3.47. The molecule has 2 nitrogen and oxygen atoms in total. The second-order valence-electron chi connectivity index (χ2n) is 4.89. The van der Waals surface area contributed by atoms with Gasteiger partial charge in [0.15, 0.2) is 0 Å². The highest BCUT2D eigenvalue weighted by molar-refractivity contribution is 7.71. The molecule has 1 unspecified atom stereocenters. The number of nitrogens with one attached hydrogen (secondary N) is 1. The molecule has 0 bridgehead atoms. The quantitative estimate of drug-likeness (QED) is 0.791. The molecule has 2 rings (SSSR count). The molecule has 16 heavy (non-hydrogen) atoms. The summed E-state index contributed by atoms with van der Waals surface area (Å²) in [6.45, 7) is 7.90. The number of H-pyrrole nitrogens is 1. The van der Waals surface area contributed by atoms with Crippen molar-refractivity contribution in [2.24, 2.45) is 0 Å². The van der Waals surface area contributed by atoms with Crippen LogP contribution in [0.1, 0.15) is 44.0 Å². The van der Waals surface area contributed by atoms with E-state index < -0.39 is 0 Å². The van der Waals surface area contributed by atoms with Crippen molar-refractivity contribution in [3.8, 4) is 0 Å². The number of aryl methyl sites for hydroxylation is 1. The van der Waals surface area contributed by atoms with Crippen LogP contribution in [0.4, 0.5) is 0 Å². The minimum Gasteiger partial charge on any atom is -0.350 e. The fourth-order valence-corrected chi connectivity index (χ4v) is 2.91. The van der Waals surface area contributed by atoms with Crippen LogP contribution >= 0.6 is 12.2 Å². The first kappa shape index (κ1) is 11.8. The molecule has 1 aromatic heterocycles.